The van der Waals surface area contributed by atoms with Crippen LogP contribution in [0.5, 0.6) is 5.75 Å². The molecule has 0 N–H and O–H groups in total. The van der Waals surface area contributed by atoms with Gasteiger partial charge in [-0.25, -0.2) is 0 Å². The molecule has 0 heterocycles. The molecule has 27 heavy (non-hydrogen) atoms. The number of esters is 2. The van der Waals surface area contributed by atoms with Crippen LogP contribution in [-0.4, -0.2) is 23.8 Å². The predicted molar refractivity (Wildman–Crippen MR) is 105 cm³/mol. The summed E-state index contributed by atoms with van der Waals surface area (Å²) < 4.78 is 11.2. The highest BCUT2D eigenvalue weighted by Gasteiger charge is 2.47. The third-order valence-electron chi connectivity index (χ3n) is 5.04. The van der Waals surface area contributed by atoms with Crippen molar-refractivity contribution in [3.63, 3.8) is 0 Å². The fraction of sp³-hybridized carbons (Fsp3) is 0.591. The zero-order chi connectivity index (χ0) is 20.6. The van der Waals surface area contributed by atoms with E-state index < -0.39 is 17.4 Å². The summed E-state index contributed by atoms with van der Waals surface area (Å²) in [5.74, 6) is -0.728. The molecule has 1 aromatic carbocycles. The minimum atomic E-state index is -1.33. The molecule has 0 saturated heterocycles. The fourth-order valence-corrected chi connectivity index (χ4v) is 2.94. The molecule has 0 aliphatic heterocycles. The second-order valence-electron chi connectivity index (χ2n) is 7.24. The van der Waals surface area contributed by atoms with Gasteiger partial charge in [0.2, 0.25) is 0 Å². The lowest BCUT2D eigenvalue weighted by atomic mass is 9.82. The number of carbonyl (C=O) groups is 3. The Bertz CT molecular complexity index is 641. The topological polar surface area (TPSA) is 69.7 Å². The van der Waals surface area contributed by atoms with Crippen molar-refractivity contribution in [2.45, 2.75) is 73.3 Å². The van der Waals surface area contributed by atoms with Gasteiger partial charge in [0.1, 0.15) is 11.9 Å². The summed E-state index contributed by atoms with van der Waals surface area (Å²) in [4.78, 5) is 37.2. The lowest BCUT2D eigenvalue weighted by Crippen LogP contribution is -2.44. The van der Waals surface area contributed by atoms with Crippen molar-refractivity contribution in [2.75, 3.05) is 0 Å². The van der Waals surface area contributed by atoms with Gasteiger partial charge in [-0.3, -0.25) is 14.4 Å². The molecule has 0 saturated carbocycles. The van der Waals surface area contributed by atoms with Crippen molar-refractivity contribution in [3.8, 4) is 5.75 Å². The SMILES string of the molecule is CCCC(OC(=O)C(CC)(CC)C(=O)Oc1ccc(C(C)=O)cc1)C(C)C. The van der Waals surface area contributed by atoms with Gasteiger partial charge < -0.3 is 9.47 Å². The van der Waals surface area contributed by atoms with Crippen LogP contribution in [0.1, 0.15) is 77.6 Å². The maximum absolute atomic E-state index is 12.9. The molecule has 1 atom stereocenters. The van der Waals surface area contributed by atoms with Crippen LogP contribution in [0.4, 0.5) is 0 Å². The van der Waals surface area contributed by atoms with E-state index in [2.05, 4.69) is 0 Å². The zero-order valence-electron chi connectivity index (χ0n) is 17.3. The number of rotatable bonds is 10. The molecule has 0 bridgehead atoms. The number of Topliss-reactive ketones (excluding diaryl/α,β-unsaturated/α-hetero) is 1. The van der Waals surface area contributed by atoms with Gasteiger partial charge in [-0.05, 0) is 56.4 Å². The summed E-state index contributed by atoms with van der Waals surface area (Å²) in [6, 6.07) is 6.31. The van der Waals surface area contributed by atoms with Gasteiger partial charge in [-0.15, -0.1) is 0 Å². The standard InChI is InChI=1S/C22H32O5/c1-7-10-19(15(4)5)27-21(25)22(8-2,9-3)20(24)26-18-13-11-17(12-14-18)16(6)23/h11-15,19H,7-10H2,1-6H3. The van der Waals surface area contributed by atoms with Gasteiger partial charge in [0.25, 0.3) is 0 Å². The van der Waals surface area contributed by atoms with Crippen LogP contribution in [0.15, 0.2) is 24.3 Å². The van der Waals surface area contributed by atoms with E-state index in [4.69, 9.17) is 9.47 Å². The van der Waals surface area contributed by atoms with Crippen molar-refractivity contribution in [1.29, 1.82) is 0 Å². The van der Waals surface area contributed by atoms with Gasteiger partial charge in [0, 0.05) is 5.56 Å². The maximum atomic E-state index is 12.9. The molecule has 150 valence electrons. The number of ketones is 1. The molecule has 0 aliphatic rings. The first kappa shape index (κ1) is 22.9. The lowest BCUT2D eigenvalue weighted by molar-refractivity contribution is -0.174. The molecule has 0 spiro atoms. The molecular weight excluding hydrogens is 344 g/mol. The third-order valence-corrected chi connectivity index (χ3v) is 5.04. The van der Waals surface area contributed by atoms with E-state index in [-0.39, 0.29) is 17.8 Å². The van der Waals surface area contributed by atoms with Gasteiger partial charge in [-0.1, -0.05) is 41.0 Å². The predicted octanol–water partition coefficient (Wildman–Crippen LogP) is 4.97. The Hall–Kier alpha value is -2.17. The van der Waals surface area contributed by atoms with Crippen molar-refractivity contribution >= 4 is 17.7 Å². The Morgan fingerprint density at radius 1 is 0.963 bits per heavy atom. The maximum Gasteiger partial charge on any atom is 0.328 e. The van der Waals surface area contributed by atoms with E-state index in [0.29, 0.717) is 24.2 Å². The van der Waals surface area contributed by atoms with Crippen molar-refractivity contribution in [1.82, 2.24) is 0 Å². The van der Waals surface area contributed by atoms with Crippen LogP contribution >= 0.6 is 0 Å². The molecule has 1 aromatic rings. The van der Waals surface area contributed by atoms with E-state index in [9.17, 15) is 14.4 Å². The number of hydrogen-bond donors (Lipinski definition) is 0. The van der Waals surface area contributed by atoms with Crippen molar-refractivity contribution in [3.05, 3.63) is 29.8 Å². The Kier molecular flexibility index (Phi) is 8.67. The zero-order valence-corrected chi connectivity index (χ0v) is 17.3. The van der Waals surface area contributed by atoms with Crippen LogP contribution in [0.2, 0.25) is 0 Å². The minimum absolute atomic E-state index is 0.0661. The van der Waals surface area contributed by atoms with Crippen molar-refractivity contribution in [2.24, 2.45) is 11.3 Å². The normalized spacial score (nSPS) is 12.6. The Morgan fingerprint density at radius 2 is 1.52 bits per heavy atom. The third kappa shape index (κ3) is 5.65. The first-order valence-electron chi connectivity index (χ1n) is 9.76. The Morgan fingerprint density at radius 3 is 1.93 bits per heavy atom. The monoisotopic (exact) mass is 376 g/mol. The quantitative estimate of drug-likeness (QED) is 0.250. The summed E-state index contributed by atoms with van der Waals surface area (Å²) in [6.07, 6.45) is 2.03. The first-order valence-corrected chi connectivity index (χ1v) is 9.76. The van der Waals surface area contributed by atoms with E-state index in [1.807, 2.05) is 20.8 Å². The smallest absolute Gasteiger partial charge is 0.328 e. The molecule has 0 amide bonds. The van der Waals surface area contributed by atoms with Crippen LogP contribution in [0.3, 0.4) is 0 Å². The summed E-state index contributed by atoms with van der Waals surface area (Å²) in [5, 5.41) is 0. The van der Waals surface area contributed by atoms with E-state index in [1.54, 1.807) is 38.1 Å². The molecule has 0 fully saturated rings. The highest BCUT2D eigenvalue weighted by molar-refractivity contribution is 6.01. The largest absolute Gasteiger partial charge is 0.461 e. The van der Waals surface area contributed by atoms with Gasteiger partial charge in [0.05, 0.1) is 0 Å². The van der Waals surface area contributed by atoms with E-state index >= 15 is 0 Å². The number of carbonyl (C=O) groups excluding carboxylic acids is 3. The molecule has 0 aliphatic carbocycles. The molecule has 1 unspecified atom stereocenters. The average molecular weight is 376 g/mol. The van der Waals surface area contributed by atoms with Gasteiger partial charge in [-0.2, -0.15) is 0 Å². The fourth-order valence-electron chi connectivity index (χ4n) is 2.94. The highest BCUT2D eigenvalue weighted by Crippen LogP contribution is 2.32. The van der Waals surface area contributed by atoms with Gasteiger partial charge >= 0.3 is 11.9 Å². The van der Waals surface area contributed by atoms with Gasteiger partial charge in [0.15, 0.2) is 11.2 Å². The van der Waals surface area contributed by atoms with E-state index in [1.165, 1.54) is 6.92 Å². The molecule has 5 nitrogen and oxygen atoms in total. The second-order valence-corrected chi connectivity index (χ2v) is 7.24. The number of hydrogen-bond acceptors (Lipinski definition) is 5. The van der Waals surface area contributed by atoms with E-state index in [0.717, 1.165) is 12.8 Å². The molecule has 0 aromatic heterocycles. The summed E-state index contributed by atoms with van der Waals surface area (Å²) in [7, 11) is 0. The Labute approximate surface area is 162 Å². The minimum Gasteiger partial charge on any atom is -0.461 e. The molecule has 0 radical (unpaired) electrons. The van der Waals surface area contributed by atoms with Crippen LogP contribution in [0.25, 0.3) is 0 Å². The van der Waals surface area contributed by atoms with Crippen LogP contribution < -0.4 is 4.74 Å². The first-order chi connectivity index (χ1) is 12.7. The van der Waals surface area contributed by atoms with Crippen molar-refractivity contribution < 1.29 is 23.9 Å². The van der Waals surface area contributed by atoms with Crippen LogP contribution in [-0.2, 0) is 14.3 Å². The second kappa shape index (κ2) is 10.2. The highest BCUT2D eigenvalue weighted by atomic mass is 16.6. The van der Waals surface area contributed by atoms with Crippen LogP contribution in [0, 0.1) is 11.3 Å². The Balaban J connectivity index is 3.00. The summed E-state index contributed by atoms with van der Waals surface area (Å²) in [5.41, 5.74) is -0.800. The molecule has 1 rings (SSSR count). The lowest BCUT2D eigenvalue weighted by Gasteiger charge is -2.30. The number of benzene rings is 1. The summed E-state index contributed by atoms with van der Waals surface area (Å²) in [6.45, 7) is 11.1. The molecular formula is C22H32O5. The average Bonchev–Trinajstić information content (AvgIpc) is 2.63. The molecule has 5 heteroatoms. The summed E-state index contributed by atoms with van der Waals surface area (Å²) >= 11 is 0. The number of ether oxygens (including phenoxy) is 2.